The summed E-state index contributed by atoms with van der Waals surface area (Å²) in [5, 5.41) is 9.63. The summed E-state index contributed by atoms with van der Waals surface area (Å²) in [6.07, 6.45) is 8.93. The summed E-state index contributed by atoms with van der Waals surface area (Å²) in [5.74, 6) is 1.75. The van der Waals surface area contributed by atoms with Gasteiger partial charge in [0, 0.05) is 38.8 Å². The second kappa shape index (κ2) is 12.2. The molecule has 0 aromatic heterocycles. The maximum Gasteiger partial charge on any atom is 0.132 e. The zero-order chi connectivity index (χ0) is 30.9. The van der Waals surface area contributed by atoms with Crippen molar-refractivity contribution in [2.24, 2.45) is 0 Å². The number of fused-ring (bicyclic) bond motifs is 3. The van der Waals surface area contributed by atoms with Gasteiger partial charge in [-0.2, -0.15) is 0 Å². The van der Waals surface area contributed by atoms with E-state index >= 15 is 0 Å². The van der Waals surface area contributed by atoms with Crippen molar-refractivity contribution >= 4 is 39.6 Å². The maximum atomic E-state index is 6.74. The SMILES string of the molecule is CCCc1cccc(Oc2cccc(C3N(C)c4cc5c(cc4N3C)CCC=C5)c2CNc2cc3ccccc3cc2NC)c1. The molecule has 0 bridgehead atoms. The van der Waals surface area contributed by atoms with Crippen LogP contribution in [0.15, 0.2) is 97.1 Å². The van der Waals surface area contributed by atoms with Crippen molar-refractivity contribution in [2.45, 2.75) is 45.3 Å². The van der Waals surface area contributed by atoms with Crippen LogP contribution in [0.5, 0.6) is 11.5 Å². The fourth-order valence-electron chi connectivity index (χ4n) is 7.03. The van der Waals surface area contributed by atoms with Crippen LogP contribution < -0.4 is 25.2 Å². The van der Waals surface area contributed by atoms with Crippen LogP contribution in [0.1, 0.15) is 53.7 Å². The molecule has 0 fully saturated rings. The van der Waals surface area contributed by atoms with Crippen molar-refractivity contribution in [1.29, 1.82) is 0 Å². The van der Waals surface area contributed by atoms with Crippen molar-refractivity contribution in [2.75, 3.05) is 41.6 Å². The van der Waals surface area contributed by atoms with E-state index in [2.05, 4.69) is 145 Å². The Labute approximate surface area is 267 Å². The maximum absolute atomic E-state index is 6.74. The van der Waals surface area contributed by atoms with Crippen LogP contribution in [0.2, 0.25) is 0 Å². The van der Waals surface area contributed by atoms with Gasteiger partial charge in [0.25, 0.3) is 0 Å². The van der Waals surface area contributed by atoms with Gasteiger partial charge < -0.3 is 25.2 Å². The Morgan fingerprint density at radius 2 is 1.58 bits per heavy atom. The lowest BCUT2D eigenvalue weighted by atomic mass is 9.96. The summed E-state index contributed by atoms with van der Waals surface area (Å²) in [6, 6.07) is 32.8. The van der Waals surface area contributed by atoms with Crippen LogP contribution in [0.4, 0.5) is 22.7 Å². The average molecular weight is 595 g/mol. The van der Waals surface area contributed by atoms with Gasteiger partial charge in [0.2, 0.25) is 0 Å². The highest BCUT2D eigenvalue weighted by molar-refractivity contribution is 5.92. The minimum Gasteiger partial charge on any atom is -0.457 e. The van der Waals surface area contributed by atoms with Crippen molar-refractivity contribution in [3.05, 3.63) is 125 Å². The third-order valence-corrected chi connectivity index (χ3v) is 9.33. The minimum atomic E-state index is 0.0278. The first kappa shape index (κ1) is 28.8. The normalized spacial score (nSPS) is 15.2. The van der Waals surface area contributed by atoms with Crippen LogP contribution in [0.25, 0.3) is 16.8 Å². The molecular weight excluding hydrogens is 552 g/mol. The molecule has 0 saturated heterocycles. The Morgan fingerprint density at radius 3 is 2.36 bits per heavy atom. The zero-order valence-electron chi connectivity index (χ0n) is 26.7. The van der Waals surface area contributed by atoms with Gasteiger partial charge in [-0.3, -0.25) is 0 Å². The lowest BCUT2D eigenvalue weighted by molar-refractivity contribution is 0.474. The van der Waals surface area contributed by atoms with E-state index in [-0.39, 0.29) is 6.17 Å². The number of anilines is 4. The topological polar surface area (TPSA) is 39.8 Å². The molecule has 7 rings (SSSR count). The molecule has 1 aliphatic carbocycles. The molecule has 0 radical (unpaired) electrons. The van der Waals surface area contributed by atoms with Crippen molar-refractivity contribution in [1.82, 2.24) is 0 Å². The molecule has 5 heteroatoms. The molecule has 0 saturated carbocycles. The number of allylic oxidation sites excluding steroid dienone is 1. The number of aryl methyl sites for hydroxylation is 2. The van der Waals surface area contributed by atoms with Gasteiger partial charge in [-0.15, -0.1) is 0 Å². The van der Waals surface area contributed by atoms with Gasteiger partial charge >= 0.3 is 0 Å². The van der Waals surface area contributed by atoms with E-state index in [1.54, 1.807) is 0 Å². The van der Waals surface area contributed by atoms with E-state index in [1.165, 1.54) is 44.4 Å². The van der Waals surface area contributed by atoms with E-state index in [9.17, 15) is 0 Å². The molecule has 1 atom stereocenters. The second-order valence-corrected chi connectivity index (χ2v) is 12.2. The van der Waals surface area contributed by atoms with Gasteiger partial charge in [0.05, 0.1) is 22.7 Å². The predicted molar refractivity (Wildman–Crippen MR) is 191 cm³/mol. The first-order valence-corrected chi connectivity index (χ1v) is 16.2. The summed E-state index contributed by atoms with van der Waals surface area (Å²) >= 11 is 0. The van der Waals surface area contributed by atoms with Crippen molar-refractivity contribution in [3.8, 4) is 11.5 Å². The monoisotopic (exact) mass is 594 g/mol. The molecule has 1 unspecified atom stereocenters. The van der Waals surface area contributed by atoms with Gasteiger partial charge in [0.1, 0.15) is 17.7 Å². The lowest BCUT2D eigenvalue weighted by Crippen LogP contribution is -2.31. The predicted octanol–water partition coefficient (Wildman–Crippen LogP) is 9.78. The number of ether oxygens (including phenoxy) is 1. The molecule has 5 aromatic rings. The van der Waals surface area contributed by atoms with E-state index in [0.29, 0.717) is 6.54 Å². The third kappa shape index (κ3) is 5.48. The summed E-state index contributed by atoms with van der Waals surface area (Å²) in [4.78, 5) is 4.84. The molecule has 5 nitrogen and oxygen atoms in total. The van der Waals surface area contributed by atoms with Crippen LogP contribution in [-0.2, 0) is 19.4 Å². The summed E-state index contributed by atoms with van der Waals surface area (Å²) in [6.45, 7) is 2.83. The number of benzene rings is 5. The smallest absolute Gasteiger partial charge is 0.132 e. The van der Waals surface area contributed by atoms with Gasteiger partial charge in [-0.05, 0) is 89.2 Å². The number of nitrogens with zero attached hydrogens (tertiary/aromatic N) is 2. The number of rotatable bonds is 9. The first-order valence-electron chi connectivity index (χ1n) is 16.2. The lowest BCUT2D eigenvalue weighted by Gasteiger charge is -2.31. The highest BCUT2D eigenvalue weighted by atomic mass is 16.5. The van der Waals surface area contributed by atoms with Gasteiger partial charge in [-0.1, -0.05) is 74.0 Å². The van der Waals surface area contributed by atoms with Gasteiger partial charge in [0.15, 0.2) is 0 Å². The number of hydrogen-bond acceptors (Lipinski definition) is 5. The first-order chi connectivity index (χ1) is 22.0. The van der Waals surface area contributed by atoms with Gasteiger partial charge in [-0.25, -0.2) is 0 Å². The molecular formula is C40H42N4O. The van der Waals surface area contributed by atoms with Crippen molar-refractivity contribution < 1.29 is 4.74 Å². The fourth-order valence-corrected chi connectivity index (χ4v) is 7.03. The summed E-state index contributed by atoms with van der Waals surface area (Å²) < 4.78 is 6.74. The minimum absolute atomic E-state index is 0.0278. The van der Waals surface area contributed by atoms with E-state index in [4.69, 9.17) is 4.74 Å². The molecule has 0 amide bonds. The van der Waals surface area contributed by atoms with Crippen LogP contribution in [0.3, 0.4) is 0 Å². The van der Waals surface area contributed by atoms with Crippen LogP contribution in [0, 0.1) is 0 Å². The Balaban J connectivity index is 1.29. The summed E-state index contributed by atoms with van der Waals surface area (Å²) in [7, 11) is 6.42. The second-order valence-electron chi connectivity index (χ2n) is 12.2. The molecule has 45 heavy (non-hydrogen) atoms. The van der Waals surface area contributed by atoms with Crippen molar-refractivity contribution in [3.63, 3.8) is 0 Å². The third-order valence-electron chi connectivity index (χ3n) is 9.33. The van der Waals surface area contributed by atoms with E-state index in [1.807, 2.05) is 7.05 Å². The Bertz CT molecular complexity index is 1890. The fraction of sp³-hybridized carbons (Fsp3) is 0.250. The summed E-state index contributed by atoms with van der Waals surface area (Å²) in [5.41, 5.74) is 11.1. The number of hydrogen-bond donors (Lipinski definition) is 2. The molecule has 1 aliphatic heterocycles. The van der Waals surface area contributed by atoms with Crippen LogP contribution >= 0.6 is 0 Å². The number of nitrogens with one attached hydrogen (secondary N) is 2. The van der Waals surface area contributed by atoms with Crippen LogP contribution in [-0.4, -0.2) is 21.1 Å². The van der Waals surface area contributed by atoms with E-state index < -0.39 is 0 Å². The molecule has 2 aliphatic rings. The molecule has 1 heterocycles. The highest BCUT2D eigenvalue weighted by Gasteiger charge is 2.35. The van der Waals surface area contributed by atoms with E-state index in [0.717, 1.165) is 54.1 Å². The largest absolute Gasteiger partial charge is 0.457 e. The molecule has 5 aromatic carbocycles. The Hall–Kier alpha value is -4.90. The molecule has 0 spiro atoms. The molecule has 2 N–H and O–H groups in total. The quantitative estimate of drug-likeness (QED) is 0.178. The standard InChI is InChI=1S/C40H42N4O/c1-5-12-27-13-10-18-32(21-27)45-39-20-11-19-33(34(39)26-42-36-23-29-15-7-6-14-28(29)22-35(36)41-2)40-43(3)37-24-30-16-8-9-17-31(30)25-38(37)44(40)4/h6-8,10-11,13-16,18-25,40-42H,5,9,12,17,26H2,1-4H3. The zero-order valence-corrected chi connectivity index (χ0v) is 26.7. The molecule has 228 valence electrons. The average Bonchev–Trinajstić information content (AvgIpc) is 3.30. The Morgan fingerprint density at radius 1 is 0.822 bits per heavy atom. The highest BCUT2D eigenvalue weighted by Crippen LogP contribution is 2.48. The Kier molecular flexibility index (Phi) is 7.85.